The van der Waals surface area contributed by atoms with Crippen LogP contribution >= 0.6 is 0 Å². The molecule has 5 heterocycles. The fourth-order valence-electron chi connectivity index (χ4n) is 5.71. The van der Waals surface area contributed by atoms with E-state index in [1.54, 1.807) is 19.4 Å². The van der Waals surface area contributed by atoms with Gasteiger partial charge in [-0.15, -0.1) is 0 Å². The van der Waals surface area contributed by atoms with Crippen molar-refractivity contribution < 1.29 is 19.1 Å². The third kappa shape index (κ3) is 5.68. The number of hydrogen-bond donors (Lipinski definition) is 2. The van der Waals surface area contributed by atoms with Crippen molar-refractivity contribution in [2.24, 2.45) is 5.92 Å². The molecule has 3 atom stereocenters. The molecule has 1 saturated heterocycles. The number of likely N-dealkylation sites (N-methyl/N-ethyl adjacent to an activating group) is 1. The molecule has 0 radical (unpaired) electrons. The highest BCUT2D eigenvalue weighted by Gasteiger charge is 2.46. The van der Waals surface area contributed by atoms with Gasteiger partial charge in [-0.1, -0.05) is 0 Å². The van der Waals surface area contributed by atoms with Crippen LogP contribution in [-0.2, 0) is 20.9 Å². The first-order valence-electron chi connectivity index (χ1n) is 15.0. The van der Waals surface area contributed by atoms with Gasteiger partial charge in [0, 0.05) is 56.3 Å². The van der Waals surface area contributed by atoms with Gasteiger partial charge in [-0.25, -0.2) is 29.7 Å². The Morgan fingerprint density at radius 3 is 2.62 bits per heavy atom. The number of anilines is 3. The molecule has 232 valence electrons. The van der Waals surface area contributed by atoms with Crippen LogP contribution in [0.1, 0.15) is 72.7 Å². The minimum absolute atomic E-state index is 0.0162. The van der Waals surface area contributed by atoms with Crippen molar-refractivity contribution in [3.05, 3.63) is 65.4 Å². The van der Waals surface area contributed by atoms with Gasteiger partial charge in [-0.05, 0) is 56.7 Å². The number of hydrogen-bond acceptors (Lipinski definition) is 10. The molecule has 0 unspecified atom stereocenters. The highest BCUT2D eigenvalue weighted by molar-refractivity contribution is 6.13. The number of amides is 4. The zero-order valence-electron chi connectivity index (χ0n) is 25.5. The number of rotatable bonds is 10. The second-order valence-corrected chi connectivity index (χ2v) is 12.0. The molecule has 4 amide bonds. The fourth-order valence-corrected chi connectivity index (χ4v) is 5.71. The molecule has 4 aromatic heterocycles. The van der Waals surface area contributed by atoms with E-state index >= 15 is 0 Å². The fraction of sp³-hybridized carbons (Fsp3) is 0.419. The first kappa shape index (κ1) is 28.8. The smallest absolute Gasteiger partial charge is 0.331 e. The standard InChI is InChI=1S/C31H34N10O4/c1-16-7-8-32-28(33-16)20-10-21(20)30(43)38-25-11-24(36-26(37-25)15-45-4)34-17(2)22-13-40-12-19(18-5-6-18)9-23(29(40)35-22)41-14-27(42)39(3)31(41)44/h7-9,11-13,17-18,20-21H,5-6,10,14-15H2,1-4H3,(H2,34,36,37,38,43)/t17-,20+,21+/m1/s1. The van der Waals surface area contributed by atoms with Crippen LogP contribution in [0, 0.1) is 12.8 Å². The molecule has 0 spiro atoms. The Hall–Kier alpha value is -4.98. The maximum Gasteiger partial charge on any atom is 0.331 e. The Morgan fingerprint density at radius 1 is 1.11 bits per heavy atom. The molecule has 0 bridgehead atoms. The lowest BCUT2D eigenvalue weighted by molar-refractivity contribution is -0.124. The number of pyridine rings is 1. The maximum absolute atomic E-state index is 13.1. The Bertz CT molecular complexity index is 1840. The normalized spacial score (nSPS) is 20.2. The number of nitrogens with one attached hydrogen (secondary N) is 2. The molecule has 3 fully saturated rings. The monoisotopic (exact) mass is 610 g/mol. The minimum Gasteiger partial charge on any atom is -0.377 e. The number of ether oxygens (including phenoxy) is 1. The summed E-state index contributed by atoms with van der Waals surface area (Å²) in [5.74, 6) is 1.73. The molecule has 3 aliphatic rings. The summed E-state index contributed by atoms with van der Waals surface area (Å²) < 4.78 is 7.21. The van der Waals surface area contributed by atoms with Crippen LogP contribution in [0.2, 0.25) is 0 Å². The van der Waals surface area contributed by atoms with E-state index < -0.39 is 0 Å². The maximum atomic E-state index is 13.1. The van der Waals surface area contributed by atoms with Crippen LogP contribution in [0.15, 0.2) is 36.8 Å². The number of nitrogens with zero attached hydrogens (tertiary/aromatic N) is 8. The number of carbonyl (C=O) groups excluding carboxylic acids is 3. The van der Waals surface area contributed by atoms with Crippen LogP contribution < -0.4 is 15.5 Å². The van der Waals surface area contributed by atoms with E-state index in [1.165, 1.54) is 11.9 Å². The SMILES string of the molecule is COCc1nc(NC(=O)[C@H]2C[C@@H]2c2nccc(C)n2)cc(N[C@H](C)c2cn3cc(C4CC4)cc(N4CC(=O)N(C)C4=O)c3n2)n1. The van der Waals surface area contributed by atoms with Crippen molar-refractivity contribution in [2.75, 3.05) is 36.2 Å². The number of imide groups is 1. The highest BCUT2D eigenvalue weighted by Crippen LogP contribution is 2.46. The lowest BCUT2D eigenvalue weighted by Gasteiger charge is -2.17. The summed E-state index contributed by atoms with van der Waals surface area (Å²) in [7, 11) is 3.05. The van der Waals surface area contributed by atoms with Gasteiger partial charge in [0.05, 0.1) is 17.4 Å². The van der Waals surface area contributed by atoms with Crippen molar-refractivity contribution in [3.8, 4) is 0 Å². The van der Waals surface area contributed by atoms with E-state index in [2.05, 4.69) is 30.6 Å². The quantitative estimate of drug-likeness (QED) is 0.254. The topological polar surface area (TPSA) is 160 Å². The summed E-state index contributed by atoms with van der Waals surface area (Å²) in [5, 5.41) is 6.32. The van der Waals surface area contributed by atoms with Crippen LogP contribution in [0.5, 0.6) is 0 Å². The van der Waals surface area contributed by atoms with Gasteiger partial charge < -0.3 is 19.8 Å². The molecule has 2 aliphatic carbocycles. The van der Waals surface area contributed by atoms with Crippen LogP contribution in [-0.4, -0.2) is 72.8 Å². The predicted molar refractivity (Wildman–Crippen MR) is 164 cm³/mol. The molecular formula is C31H34N10O4. The summed E-state index contributed by atoms with van der Waals surface area (Å²) in [6.45, 7) is 4.00. The number of carbonyl (C=O) groups is 3. The summed E-state index contributed by atoms with van der Waals surface area (Å²) in [5.41, 5.74) is 3.90. The number of imidazole rings is 1. The summed E-state index contributed by atoms with van der Waals surface area (Å²) in [6, 6.07) is 4.83. The molecule has 45 heavy (non-hydrogen) atoms. The van der Waals surface area contributed by atoms with E-state index in [-0.39, 0.29) is 48.9 Å². The minimum atomic E-state index is -0.365. The second-order valence-electron chi connectivity index (χ2n) is 12.0. The van der Waals surface area contributed by atoms with Crippen LogP contribution in [0.25, 0.3) is 5.65 Å². The first-order valence-corrected chi connectivity index (χ1v) is 15.0. The Balaban J connectivity index is 1.12. The van der Waals surface area contributed by atoms with E-state index in [0.29, 0.717) is 52.7 Å². The van der Waals surface area contributed by atoms with Gasteiger partial charge in [0.1, 0.15) is 30.6 Å². The molecule has 2 N–H and O–H groups in total. The lowest BCUT2D eigenvalue weighted by Crippen LogP contribution is -2.30. The molecule has 2 saturated carbocycles. The first-order chi connectivity index (χ1) is 21.7. The Morgan fingerprint density at radius 2 is 1.91 bits per heavy atom. The third-order valence-electron chi connectivity index (χ3n) is 8.47. The molecule has 14 nitrogen and oxygen atoms in total. The zero-order chi connectivity index (χ0) is 31.4. The van der Waals surface area contributed by atoms with Gasteiger partial charge in [0.15, 0.2) is 11.5 Å². The number of fused-ring (bicyclic) bond motifs is 1. The molecule has 1 aliphatic heterocycles. The van der Waals surface area contributed by atoms with E-state index in [9.17, 15) is 14.4 Å². The van der Waals surface area contributed by atoms with Gasteiger partial charge in [0.2, 0.25) is 11.8 Å². The molecule has 14 heteroatoms. The lowest BCUT2D eigenvalue weighted by atomic mass is 10.1. The number of methoxy groups -OCH3 is 1. The summed E-state index contributed by atoms with van der Waals surface area (Å²) in [4.78, 5) is 63.7. The number of urea groups is 1. The zero-order valence-corrected chi connectivity index (χ0v) is 25.5. The third-order valence-corrected chi connectivity index (χ3v) is 8.47. The van der Waals surface area contributed by atoms with Crippen LogP contribution in [0.4, 0.5) is 22.1 Å². The summed E-state index contributed by atoms with van der Waals surface area (Å²) in [6.07, 6.45) is 8.55. The van der Waals surface area contributed by atoms with Gasteiger partial charge >= 0.3 is 6.03 Å². The van der Waals surface area contributed by atoms with E-state index in [4.69, 9.17) is 9.72 Å². The predicted octanol–water partition coefficient (Wildman–Crippen LogP) is 3.56. The molecule has 4 aromatic rings. The average Bonchev–Trinajstić information content (AvgIpc) is 3.94. The van der Waals surface area contributed by atoms with Crippen molar-refractivity contribution in [1.82, 2.24) is 34.2 Å². The highest BCUT2D eigenvalue weighted by atomic mass is 16.5. The van der Waals surface area contributed by atoms with Crippen molar-refractivity contribution >= 4 is 40.8 Å². The Kier molecular flexibility index (Phi) is 7.15. The molecular weight excluding hydrogens is 576 g/mol. The van der Waals surface area contributed by atoms with Gasteiger partial charge in [-0.3, -0.25) is 19.4 Å². The largest absolute Gasteiger partial charge is 0.377 e. The van der Waals surface area contributed by atoms with E-state index in [1.807, 2.05) is 42.8 Å². The average molecular weight is 611 g/mol. The molecule has 0 aromatic carbocycles. The van der Waals surface area contributed by atoms with Gasteiger partial charge in [-0.2, -0.15) is 0 Å². The van der Waals surface area contributed by atoms with Gasteiger partial charge in [0.25, 0.3) is 0 Å². The molecule has 7 rings (SSSR count). The van der Waals surface area contributed by atoms with Crippen molar-refractivity contribution in [2.45, 2.75) is 57.6 Å². The summed E-state index contributed by atoms with van der Waals surface area (Å²) >= 11 is 0. The van der Waals surface area contributed by atoms with Crippen molar-refractivity contribution in [1.29, 1.82) is 0 Å². The van der Waals surface area contributed by atoms with E-state index in [0.717, 1.165) is 29.0 Å². The second kappa shape index (κ2) is 11.2. The number of aromatic nitrogens is 6. The van der Waals surface area contributed by atoms with Crippen molar-refractivity contribution in [3.63, 3.8) is 0 Å². The van der Waals surface area contributed by atoms with Crippen LogP contribution in [0.3, 0.4) is 0 Å². The Labute approximate surface area is 259 Å². The number of aryl methyl sites for hydroxylation is 1.